The van der Waals surface area contributed by atoms with Gasteiger partial charge in [-0.2, -0.15) is 0 Å². The summed E-state index contributed by atoms with van der Waals surface area (Å²) < 4.78 is 38.2. The van der Waals surface area contributed by atoms with Gasteiger partial charge in [0.2, 0.25) is 0 Å². The van der Waals surface area contributed by atoms with Crippen LogP contribution in [0.5, 0.6) is 11.5 Å². The molecule has 0 fully saturated rings. The lowest BCUT2D eigenvalue weighted by molar-refractivity contribution is 0.216. The zero-order valence-corrected chi connectivity index (χ0v) is 13.2. The van der Waals surface area contributed by atoms with Gasteiger partial charge in [-0.15, -0.1) is 0 Å². The first-order valence-corrected chi connectivity index (χ1v) is 7.62. The average molecular weight is 343 g/mol. The number of nitrogens with zero attached hydrogens (tertiary/aromatic N) is 1. The summed E-state index contributed by atoms with van der Waals surface area (Å²) in [7, 11) is 0. The van der Waals surface area contributed by atoms with E-state index in [1.165, 1.54) is 47.0 Å². The van der Waals surface area contributed by atoms with Crippen LogP contribution in [0.2, 0.25) is 0 Å². The molecule has 0 unspecified atom stereocenters. The highest BCUT2D eigenvalue weighted by Crippen LogP contribution is 2.13. The van der Waals surface area contributed by atoms with E-state index in [4.69, 9.17) is 9.47 Å². The molecular formula is C19H15F2NO3. The molecule has 0 N–H and O–H groups in total. The molecule has 0 saturated heterocycles. The van der Waals surface area contributed by atoms with Gasteiger partial charge in [-0.3, -0.25) is 9.36 Å². The number of hydrogen-bond donors (Lipinski definition) is 0. The summed E-state index contributed by atoms with van der Waals surface area (Å²) in [5.74, 6) is 0.0689. The molecule has 0 spiro atoms. The molecule has 0 atom stereocenters. The maximum absolute atomic E-state index is 13.0. The van der Waals surface area contributed by atoms with E-state index in [2.05, 4.69) is 0 Å². The van der Waals surface area contributed by atoms with E-state index < -0.39 is 0 Å². The molecule has 2 aromatic carbocycles. The summed E-state index contributed by atoms with van der Waals surface area (Å²) in [6.45, 7) is 0.418. The van der Waals surface area contributed by atoms with Gasteiger partial charge in [-0.05, 0) is 42.5 Å². The second-order valence-electron chi connectivity index (χ2n) is 5.20. The Hall–Kier alpha value is -3.15. The van der Waals surface area contributed by atoms with Crippen molar-refractivity contribution in [3.63, 3.8) is 0 Å². The Morgan fingerprint density at radius 1 is 0.800 bits per heavy atom. The standard InChI is InChI=1S/C19H15F2NO3/c20-14-4-6-16(7-5-14)22-9-8-18(13-19(22)23)25-11-10-24-17-3-1-2-15(21)12-17/h1-9,12-13H,10-11H2. The maximum atomic E-state index is 13.0. The third-order valence-corrected chi connectivity index (χ3v) is 3.41. The van der Waals surface area contributed by atoms with E-state index >= 15 is 0 Å². The normalized spacial score (nSPS) is 10.5. The van der Waals surface area contributed by atoms with E-state index in [0.29, 0.717) is 17.2 Å². The fourth-order valence-electron chi connectivity index (χ4n) is 2.24. The molecule has 1 heterocycles. The van der Waals surface area contributed by atoms with Crippen LogP contribution in [-0.4, -0.2) is 17.8 Å². The minimum Gasteiger partial charge on any atom is -0.490 e. The molecule has 0 aliphatic carbocycles. The van der Waals surface area contributed by atoms with Crippen LogP contribution in [0.4, 0.5) is 8.78 Å². The first-order valence-electron chi connectivity index (χ1n) is 7.62. The molecule has 4 nitrogen and oxygen atoms in total. The van der Waals surface area contributed by atoms with Gasteiger partial charge in [-0.25, -0.2) is 8.78 Å². The van der Waals surface area contributed by atoms with Crippen LogP contribution in [0, 0.1) is 11.6 Å². The highest BCUT2D eigenvalue weighted by atomic mass is 19.1. The van der Waals surface area contributed by atoms with Crippen LogP contribution in [0.25, 0.3) is 5.69 Å². The molecule has 3 aromatic rings. The quantitative estimate of drug-likeness (QED) is 0.643. The summed E-state index contributed by atoms with van der Waals surface area (Å²) >= 11 is 0. The summed E-state index contributed by atoms with van der Waals surface area (Å²) in [6, 6.07) is 14.4. The van der Waals surface area contributed by atoms with E-state index in [1.807, 2.05) is 0 Å². The highest BCUT2D eigenvalue weighted by Gasteiger charge is 2.03. The van der Waals surface area contributed by atoms with Crippen molar-refractivity contribution in [2.75, 3.05) is 13.2 Å². The summed E-state index contributed by atoms with van der Waals surface area (Å²) in [4.78, 5) is 12.1. The summed E-state index contributed by atoms with van der Waals surface area (Å²) in [5, 5.41) is 0. The Labute approximate surface area is 142 Å². The van der Waals surface area contributed by atoms with Crippen LogP contribution in [0.1, 0.15) is 0 Å². The van der Waals surface area contributed by atoms with Crippen LogP contribution < -0.4 is 15.0 Å². The summed E-state index contributed by atoms with van der Waals surface area (Å²) in [5.41, 5.74) is 0.266. The third kappa shape index (κ3) is 4.44. The number of hydrogen-bond acceptors (Lipinski definition) is 3. The molecule has 0 saturated carbocycles. The topological polar surface area (TPSA) is 40.5 Å². The highest BCUT2D eigenvalue weighted by molar-refractivity contribution is 5.34. The number of ether oxygens (including phenoxy) is 2. The number of rotatable bonds is 6. The van der Waals surface area contributed by atoms with Gasteiger partial charge in [0, 0.05) is 24.0 Å². The van der Waals surface area contributed by atoms with Gasteiger partial charge in [0.05, 0.1) is 0 Å². The Morgan fingerprint density at radius 3 is 2.12 bits per heavy atom. The monoisotopic (exact) mass is 343 g/mol. The second-order valence-corrected chi connectivity index (χ2v) is 5.20. The first-order chi connectivity index (χ1) is 12.1. The summed E-state index contributed by atoms with van der Waals surface area (Å²) in [6.07, 6.45) is 1.55. The second kappa shape index (κ2) is 7.61. The molecule has 0 aliphatic rings. The Morgan fingerprint density at radius 2 is 1.48 bits per heavy atom. The van der Waals surface area contributed by atoms with Crippen molar-refractivity contribution >= 4 is 0 Å². The van der Waals surface area contributed by atoms with Gasteiger partial charge in [0.25, 0.3) is 5.56 Å². The Kier molecular flexibility index (Phi) is 5.09. The predicted molar refractivity (Wildman–Crippen MR) is 89.4 cm³/mol. The van der Waals surface area contributed by atoms with Gasteiger partial charge in [-0.1, -0.05) is 6.07 Å². The van der Waals surface area contributed by atoms with Crippen molar-refractivity contribution in [1.82, 2.24) is 4.57 Å². The Balaban J connectivity index is 1.58. The number of halogens is 2. The van der Waals surface area contributed by atoms with E-state index in [9.17, 15) is 13.6 Å². The van der Waals surface area contributed by atoms with E-state index in [1.54, 1.807) is 24.4 Å². The van der Waals surface area contributed by atoms with Crippen LogP contribution >= 0.6 is 0 Å². The minimum atomic E-state index is -0.372. The first kappa shape index (κ1) is 16.7. The van der Waals surface area contributed by atoms with Crippen molar-refractivity contribution in [3.05, 3.63) is 88.8 Å². The van der Waals surface area contributed by atoms with E-state index in [0.717, 1.165) is 0 Å². The molecule has 128 valence electrons. The van der Waals surface area contributed by atoms with Crippen molar-refractivity contribution < 1.29 is 18.3 Å². The molecule has 0 aliphatic heterocycles. The molecule has 0 amide bonds. The number of pyridine rings is 1. The smallest absolute Gasteiger partial charge is 0.258 e. The lowest BCUT2D eigenvalue weighted by Gasteiger charge is -2.10. The largest absolute Gasteiger partial charge is 0.490 e. The van der Waals surface area contributed by atoms with Gasteiger partial charge in [0.15, 0.2) is 0 Å². The fraction of sp³-hybridized carbons (Fsp3) is 0.105. The molecule has 25 heavy (non-hydrogen) atoms. The SMILES string of the molecule is O=c1cc(OCCOc2cccc(F)c2)ccn1-c1ccc(F)cc1. The van der Waals surface area contributed by atoms with Gasteiger partial charge >= 0.3 is 0 Å². The van der Waals surface area contributed by atoms with Crippen LogP contribution in [-0.2, 0) is 0 Å². The fourth-order valence-corrected chi connectivity index (χ4v) is 2.24. The third-order valence-electron chi connectivity index (χ3n) is 3.41. The zero-order chi connectivity index (χ0) is 17.6. The molecule has 6 heteroatoms. The minimum absolute atomic E-state index is 0.205. The Bertz CT molecular complexity index is 907. The molecule has 1 aromatic heterocycles. The van der Waals surface area contributed by atoms with Gasteiger partial charge < -0.3 is 9.47 Å². The van der Waals surface area contributed by atoms with Gasteiger partial charge in [0.1, 0.15) is 36.3 Å². The zero-order valence-electron chi connectivity index (χ0n) is 13.2. The van der Waals surface area contributed by atoms with Crippen molar-refractivity contribution in [1.29, 1.82) is 0 Å². The lowest BCUT2D eigenvalue weighted by atomic mass is 10.3. The van der Waals surface area contributed by atoms with Crippen molar-refractivity contribution in [2.45, 2.75) is 0 Å². The molecule has 0 bridgehead atoms. The predicted octanol–water partition coefficient (Wildman–Crippen LogP) is 3.57. The van der Waals surface area contributed by atoms with Crippen molar-refractivity contribution in [3.8, 4) is 17.2 Å². The number of benzene rings is 2. The number of aromatic nitrogens is 1. The molecule has 3 rings (SSSR count). The molecular weight excluding hydrogens is 328 g/mol. The van der Waals surface area contributed by atoms with Crippen LogP contribution in [0.15, 0.2) is 71.7 Å². The van der Waals surface area contributed by atoms with E-state index in [-0.39, 0.29) is 30.4 Å². The molecule has 0 radical (unpaired) electrons. The maximum Gasteiger partial charge on any atom is 0.258 e. The lowest BCUT2D eigenvalue weighted by Crippen LogP contribution is -2.17. The van der Waals surface area contributed by atoms with Crippen LogP contribution in [0.3, 0.4) is 0 Å². The average Bonchev–Trinajstić information content (AvgIpc) is 2.60. The van der Waals surface area contributed by atoms with Crippen molar-refractivity contribution in [2.24, 2.45) is 0 Å².